The van der Waals surface area contributed by atoms with Crippen LogP contribution in [0.15, 0.2) is 71.3 Å². The summed E-state index contributed by atoms with van der Waals surface area (Å²) in [6.45, 7) is 1.37. The molecule has 1 unspecified atom stereocenters. The van der Waals surface area contributed by atoms with Gasteiger partial charge in [0.25, 0.3) is 0 Å². The molecule has 0 bridgehead atoms. The molecule has 1 aliphatic rings. The third-order valence-electron chi connectivity index (χ3n) is 5.87. The first-order valence-corrected chi connectivity index (χ1v) is 11.7. The van der Waals surface area contributed by atoms with Crippen LogP contribution in [-0.4, -0.2) is 34.4 Å². The number of ether oxygens (including phenoxy) is 1. The number of hydrogen-bond donors (Lipinski definition) is 3. The van der Waals surface area contributed by atoms with E-state index in [2.05, 4.69) is 9.97 Å². The highest BCUT2D eigenvalue weighted by atomic mass is 35.5. The molecule has 1 atom stereocenters. The predicted octanol–water partition coefficient (Wildman–Crippen LogP) is 5.69. The molecule has 0 radical (unpaired) electrons. The maximum atomic E-state index is 8.78. The molecule has 5 aromatic rings. The second-order valence-electron chi connectivity index (χ2n) is 8.41. The fourth-order valence-corrected chi connectivity index (χ4v) is 4.38. The van der Waals surface area contributed by atoms with Crippen LogP contribution in [0.4, 0.5) is 11.5 Å². The average Bonchev–Trinajstić information content (AvgIpc) is 3.29. The molecule has 1 aliphatic heterocycles. The summed E-state index contributed by atoms with van der Waals surface area (Å²) in [6.07, 6.45) is 3.31. The van der Waals surface area contributed by atoms with Gasteiger partial charge in [-0.15, -0.1) is 0 Å². The van der Waals surface area contributed by atoms with Crippen LogP contribution < -0.4 is 11.5 Å². The molecule has 2 aromatic heterocycles. The van der Waals surface area contributed by atoms with Crippen LogP contribution in [0.3, 0.4) is 0 Å². The number of pyridine rings is 1. The molecule has 0 saturated carbocycles. The number of anilines is 2. The fourth-order valence-electron chi connectivity index (χ4n) is 4.18. The number of aromatic nitrogens is 2. The molecular formula is C27H25ClN4O3. The van der Waals surface area contributed by atoms with Crippen LogP contribution >= 0.6 is 11.6 Å². The Labute approximate surface area is 207 Å². The Hall–Kier alpha value is -3.65. The van der Waals surface area contributed by atoms with Crippen molar-refractivity contribution in [2.45, 2.75) is 18.9 Å². The van der Waals surface area contributed by atoms with E-state index in [9.17, 15) is 0 Å². The van der Waals surface area contributed by atoms with Gasteiger partial charge in [-0.2, -0.15) is 0 Å². The van der Waals surface area contributed by atoms with Gasteiger partial charge < -0.3 is 25.7 Å². The predicted molar refractivity (Wildman–Crippen MR) is 140 cm³/mol. The molecular weight excluding hydrogens is 464 g/mol. The number of aliphatic hydroxyl groups is 1. The van der Waals surface area contributed by atoms with Crippen molar-refractivity contribution < 1.29 is 14.3 Å². The van der Waals surface area contributed by atoms with Gasteiger partial charge in [0.05, 0.1) is 17.7 Å². The minimum absolute atomic E-state index is 0.186. The highest BCUT2D eigenvalue weighted by Gasteiger charge is 2.15. The molecule has 5 N–H and O–H groups in total. The summed E-state index contributed by atoms with van der Waals surface area (Å²) >= 11 is 6.40. The van der Waals surface area contributed by atoms with Crippen molar-refractivity contribution in [1.82, 2.24) is 9.97 Å². The minimum atomic E-state index is -0.186. The van der Waals surface area contributed by atoms with E-state index in [1.165, 1.54) is 0 Å². The normalized spacial score (nSPS) is 15.7. The molecule has 1 fully saturated rings. The number of rotatable bonds is 2. The summed E-state index contributed by atoms with van der Waals surface area (Å²) in [5.41, 5.74) is 16.5. The first-order valence-electron chi connectivity index (χ1n) is 11.3. The van der Waals surface area contributed by atoms with Crippen molar-refractivity contribution in [3.05, 3.63) is 71.9 Å². The van der Waals surface area contributed by atoms with Crippen molar-refractivity contribution in [1.29, 1.82) is 0 Å². The third-order valence-corrected chi connectivity index (χ3v) is 6.17. The lowest BCUT2D eigenvalue weighted by molar-refractivity contribution is -0.00535. The van der Waals surface area contributed by atoms with E-state index in [1.807, 2.05) is 42.5 Å². The Bertz CT molecular complexity index is 1500. The molecule has 6 rings (SSSR count). The minimum Gasteiger partial charge on any atom is -0.436 e. The van der Waals surface area contributed by atoms with Crippen LogP contribution in [0.25, 0.3) is 44.5 Å². The van der Waals surface area contributed by atoms with Gasteiger partial charge in [-0.25, -0.2) is 9.97 Å². The number of oxazole rings is 1. The third kappa shape index (κ3) is 4.93. The van der Waals surface area contributed by atoms with Gasteiger partial charge in [0, 0.05) is 29.6 Å². The van der Waals surface area contributed by atoms with E-state index in [4.69, 9.17) is 37.3 Å². The van der Waals surface area contributed by atoms with Gasteiger partial charge in [0.15, 0.2) is 5.58 Å². The van der Waals surface area contributed by atoms with Crippen molar-refractivity contribution in [2.75, 3.05) is 24.7 Å². The van der Waals surface area contributed by atoms with Crippen LogP contribution in [-0.2, 0) is 4.74 Å². The lowest BCUT2D eigenvalue weighted by Crippen LogP contribution is -2.21. The van der Waals surface area contributed by atoms with Gasteiger partial charge in [-0.3, -0.25) is 0 Å². The summed E-state index contributed by atoms with van der Waals surface area (Å²) in [7, 11) is 0. The molecule has 0 amide bonds. The van der Waals surface area contributed by atoms with Gasteiger partial charge >= 0.3 is 0 Å². The molecule has 178 valence electrons. The summed E-state index contributed by atoms with van der Waals surface area (Å²) < 4.78 is 10.9. The molecule has 7 nitrogen and oxygen atoms in total. The zero-order chi connectivity index (χ0) is 24.4. The number of nitrogen functional groups attached to an aromatic ring is 2. The lowest BCUT2D eigenvalue weighted by Gasteiger charge is -2.15. The van der Waals surface area contributed by atoms with Gasteiger partial charge in [-0.1, -0.05) is 41.9 Å². The Morgan fingerprint density at radius 3 is 2.43 bits per heavy atom. The lowest BCUT2D eigenvalue weighted by atomic mass is 9.96. The molecule has 0 aliphatic carbocycles. The standard InChI is InChI=1S/C22H15ClN4O.C5H10O2/c23-18-11-26-21(25)10-17(18)15-5-1-4-14-13(15)3-2-6-16(14)22-27-19-9-12(24)7-8-20(19)28-22;6-5-2-1-3-7-4-5/h1-11H,24H2,(H2,25,26);5-6H,1-4H2. The Balaban J connectivity index is 0.000000313. The van der Waals surface area contributed by atoms with Gasteiger partial charge in [-0.05, 0) is 59.5 Å². The topological polar surface area (TPSA) is 120 Å². The van der Waals surface area contributed by atoms with E-state index < -0.39 is 0 Å². The number of benzene rings is 3. The smallest absolute Gasteiger partial charge is 0.227 e. The molecule has 35 heavy (non-hydrogen) atoms. The molecule has 3 aromatic carbocycles. The van der Waals surface area contributed by atoms with E-state index in [1.54, 1.807) is 24.4 Å². The van der Waals surface area contributed by atoms with Crippen LogP contribution in [0.2, 0.25) is 5.02 Å². The number of fused-ring (bicyclic) bond motifs is 2. The van der Waals surface area contributed by atoms with Crippen molar-refractivity contribution in [3.8, 4) is 22.6 Å². The average molecular weight is 489 g/mol. The van der Waals surface area contributed by atoms with E-state index >= 15 is 0 Å². The van der Waals surface area contributed by atoms with E-state index in [-0.39, 0.29) is 6.10 Å². The number of aliphatic hydroxyl groups excluding tert-OH is 1. The quantitative estimate of drug-likeness (QED) is 0.273. The van der Waals surface area contributed by atoms with Crippen LogP contribution in [0, 0.1) is 0 Å². The zero-order valence-corrected chi connectivity index (χ0v) is 19.7. The first-order chi connectivity index (χ1) is 17.0. The second kappa shape index (κ2) is 9.92. The number of nitrogens with zero attached hydrogens (tertiary/aromatic N) is 2. The Kier molecular flexibility index (Phi) is 6.55. The summed E-state index contributed by atoms with van der Waals surface area (Å²) in [6, 6.07) is 19.3. The highest BCUT2D eigenvalue weighted by molar-refractivity contribution is 6.33. The fraction of sp³-hybridized carbons (Fsp3) is 0.185. The Morgan fingerprint density at radius 2 is 1.71 bits per heavy atom. The molecule has 8 heteroatoms. The summed E-state index contributed by atoms with van der Waals surface area (Å²) in [5.74, 6) is 0.966. The highest BCUT2D eigenvalue weighted by Crippen LogP contribution is 2.38. The van der Waals surface area contributed by atoms with Crippen molar-refractivity contribution in [3.63, 3.8) is 0 Å². The molecule has 3 heterocycles. The number of halogens is 1. The van der Waals surface area contributed by atoms with E-state index in [0.29, 0.717) is 34.6 Å². The van der Waals surface area contributed by atoms with Gasteiger partial charge in [0.2, 0.25) is 5.89 Å². The maximum absolute atomic E-state index is 8.78. The SMILES string of the molecule is Nc1ccc2oc(-c3cccc4c(-c5cc(N)ncc5Cl)cccc34)nc2c1.OC1CCCOC1. The van der Waals surface area contributed by atoms with Crippen molar-refractivity contribution in [2.24, 2.45) is 0 Å². The van der Waals surface area contributed by atoms with Gasteiger partial charge in [0.1, 0.15) is 11.3 Å². The first kappa shape index (κ1) is 23.1. The second-order valence-corrected chi connectivity index (χ2v) is 8.82. The largest absolute Gasteiger partial charge is 0.436 e. The van der Waals surface area contributed by atoms with Crippen LogP contribution in [0.5, 0.6) is 0 Å². The molecule has 1 saturated heterocycles. The number of hydrogen-bond acceptors (Lipinski definition) is 7. The van der Waals surface area contributed by atoms with E-state index in [0.717, 1.165) is 52.4 Å². The summed E-state index contributed by atoms with van der Waals surface area (Å²) in [4.78, 5) is 8.68. The summed E-state index contributed by atoms with van der Waals surface area (Å²) in [5, 5.41) is 11.4. The zero-order valence-electron chi connectivity index (χ0n) is 18.9. The van der Waals surface area contributed by atoms with Crippen molar-refractivity contribution >= 4 is 45.0 Å². The number of nitrogens with two attached hydrogens (primary N) is 2. The molecule has 0 spiro atoms. The maximum Gasteiger partial charge on any atom is 0.227 e. The monoisotopic (exact) mass is 488 g/mol. The Morgan fingerprint density at radius 1 is 0.943 bits per heavy atom. The van der Waals surface area contributed by atoms with Crippen LogP contribution in [0.1, 0.15) is 12.8 Å².